The molecule has 53 heavy (non-hydrogen) atoms. The maximum absolute atomic E-state index is 6.59. The summed E-state index contributed by atoms with van der Waals surface area (Å²) in [5.41, 5.74) is 3.95. The predicted octanol–water partition coefficient (Wildman–Crippen LogP) is 5.46. The molecule has 0 spiro atoms. The lowest BCUT2D eigenvalue weighted by Gasteiger charge is -2.37. The third kappa shape index (κ3) is 10.1. The summed E-state index contributed by atoms with van der Waals surface area (Å²) >= 11 is 18.5. The molecule has 286 valence electrons. The molecule has 3 heterocycles. The number of rotatable bonds is 14. The van der Waals surface area contributed by atoms with Crippen molar-refractivity contribution in [2.24, 2.45) is 0 Å². The SMILES string of the molecule is COC(CN(C(=S)Nc1ccc(N2CCN(c3ccc(OC[C@@H]4CO[C@@](Cn5cncn5)(c5ccc(Cl)cc5Cl)O4)cc3)CC2)cc1)C(C)C)OC.O. The molecular weight excluding hydrogens is 741 g/mol. The maximum Gasteiger partial charge on any atom is 0.217 e. The lowest BCUT2D eigenvalue weighted by molar-refractivity contribution is -0.190. The van der Waals surface area contributed by atoms with Crippen LogP contribution in [0, 0.1) is 0 Å². The van der Waals surface area contributed by atoms with Crippen LogP contribution in [0.25, 0.3) is 0 Å². The molecule has 16 heteroatoms. The van der Waals surface area contributed by atoms with Crippen molar-refractivity contribution in [2.75, 3.05) is 75.3 Å². The van der Waals surface area contributed by atoms with Crippen LogP contribution < -0.4 is 19.9 Å². The Morgan fingerprint density at radius 1 is 0.981 bits per heavy atom. The van der Waals surface area contributed by atoms with Crippen LogP contribution >= 0.6 is 35.4 Å². The Hall–Kier alpha value is -3.73. The molecule has 3 aromatic carbocycles. The highest BCUT2D eigenvalue weighted by Gasteiger charge is 2.45. The fraction of sp³-hybridized carbons (Fsp3) is 0.432. The molecule has 13 nitrogen and oxygen atoms in total. The van der Waals surface area contributed by atoms with Crippen LogP contribution in [0.5, 0.6) is 5.75 Å². The van der Waals surface area contributed by atoms with E-state index in [0.717, 1.165) is 43.3 Å². The van der Waals surface area contributed by atoms with Gasteiger partial charge in [-0.3, -0.25) is 0 Å². The smallest absolute Gasteiger partial charge is 0.217 e. The summed E-state index contributed by atoms with van der Waals surface area (Å²) in [5, 5.41) is 9.22. The Labute approximate surface area is 325 Å². The van der Waals surface area contributed by atoms with Gasteiger partial charge in [-0.15, -0.1) is 0 Å². The van der Waals surface area contributed by atoms with E-state index in [0.29, 0.717) is 40.5 Å². The Morgan fingerprint density at radius 3 is 2.19 bits per heavy atom. The molecule has 3 N–H and O–H groups in total. The zero-order valence-electron chi connectivity index (χ0n) is 30.3. The summed E-state index contributed by atoms with van der Waals surface area (Å²) in [5.74, 6) is -0.401. The standard InChI is InChI=1S/C37H45Cl2N7O5S.H2O/c1-26(2)46(20-35(47-3)48-4)36(52)42-28-6-8-29(9-7-28)43-15-17-44(18-16-43)30-10-12-31(13-11-30)49-21-32-22-50-37(51-32,23-45-25-40-24-41-45)33-14-5-27(38)19-34(33)39;/h5-14,19,24-26,32,35H,15-18,20-23H2,1-4H3,(H,42,52);1H2/t32-,37-;/m1./s1. The molecule has 2 atom stereocenters. The van der Waals surface area contributed by atoms with Gasteiger partial charge in [-0.2, -0.15) is 5.10 Å². The van der Waals surface area contributed by atoms with Gasteiger partial charge in [0.1, 0.15) is 37.7 Å². The molecule has 0 unspecified atom stereocenters. The molecule has 6 rings (SSSR count). The van der Waals surface area contributed by atoms with Gasteiger partial charge in [0.15, 0.2) is 11.4 Å². The van der Waals surface area contributed by atoms with Gasteiger partial charge in [-0.25, -0.2) is 9.67 Å². The quantitative estimate of drug-likeness (QED) is 0.129. The zero-order chi connectivity index (χ0) is 36.7. The monoisotopic (exact) mass is 787 g/mol. The number of hydrogen-bond acceptors (Lipinski definition) is 10. The molecule has 2 aliphatic rings. The van der Waals surface area contributed by atoms with Crippen LogP contribution in [-0.4, -0.2) is 109 Å². The van der Waals surface area contributed by atoms with E-state index in [9.17, 15) is 0 Å². The van der Waals surface area contributed by atoms with Crippen molar-refractivity contribution < 1.29 is 29.2 Å². The van der Waals surface area contributed by atoms with Crippen LogP contribution in [0.4, 0.5) is 17.1 Å². The van der Waals surface area contributed by atoms with Gasteiger partial charge in [-0.05, 0) is 86.7 Å². The minimum Gasteiger partial charge on any atom is -0.491 e. The Morgan fingerprint density at radius 2 is 1.62 bits per heavy atom. The first kappa shape index (κ1) is 40.5. The first-order valence-electron chi connectivity index (χ1n) is 17.2. The topological polar surface area (TPSA) is 130 Å². The lowest BCUT2D eigenvalue weighted by atomic mass is 10.1. The van der Waals surface area contributed by atoms with Gasteiger partial charge in [0, 0.05) is 74.1 Å². The number of nitrogens with one attached hydrogen (secondary N) is 1. The number of ether oxygens (including phenoxy) is 5. The van der Waals surface area contributed by atoms with E-state index in [1.807, 2.05) is 18.2 Å². The van der Waals surface area contributed by atoms with Gasteiger partial charge in [0.2, 0.25) is 5.79 Å². The van der Waals surface area contributed by atoms with Crippen molar-refractivity contribution in [1.29, 1.82) is 0 Å². The third-order valence-corrected chi connectivity index (χ3v) is 10.1. The van der Waals surface area contributed by atoms with Crippen LogP contribution in [0.15, 0.2) is 79.4 Å². The Balaban J connectivity index is 0.00000541. The number of thiocarbonyl (C=S) groups is 1. The van der Waals surface area contributed by atoms with E-state index in [1.54, 1.807) is 37.4 Å². The summed E-state index contributed by atoms with van der Waals surface area (Å²) < 4.78 is 31.3. The normalized spacial score (nSPS) is 18.7. The number of piperazine rings is 1. The number of benzene rings is 3. The average Bonchev–Trinajstić information content (AvgIpc) is 3.82. The van der Waals surface area contributed by atoms with Gasteiger partial charge >= 0.3 is 0 Å². The minimum absolute atomic E-state index is 0. The van der Waals surface area contributed by atoms with Crippen LogP contribution in [0.2, 0.25) is 10.0 Å². The van der Waals surface area contributed by atoms with Crippen molar-refractivity contribution in [3.63, 3.8) is 0 Å². The molecule has 0 radical (unpaired) electrons. The second-order valence-corrected chi connectivity index (χ2v) is 14.2. The molecule has 1 aromatic heterocycles. The van der Waals surface area contributed by atoms with E-state index < -0.39 is 5.79 Å². The van der Waals surface area contributed by atoms with E-state index in [1.165, 1.54) is 12.0 Å². The Bertz CT molecular complexity index is 1740. The maximum atomic E-state index is 6.59. The molecular formula is C37H47Cl2N7O6S. The van der Waals surface area contributed by atoms with Crippen molar-refractivity contribution in [1.82, 2.24) is 19.7 Å². The van der Waals surface area contributed by atoms with Gasteiger partial charge in [0.25, 0.3) is 0 Å². The first-order chi connectivity index (χ1) is 25.2. The number of hydrogen-bond donors (Lipinski definition) is 1. The number of methoxy groups -OCH3 is 2. The number of anilines is 3. The molecule has 0 amide bonds. The summed E-state index contributed by atoms with van der Waals surface area (Å²) in [6.45, 7) is 9.25. The van der Waals surface area contributed by atoms with E-state index in [-0.39, 0.29) is 30.5 Å². The van der Waals surface area contributed by atoms with E-state index >= 15 is 0 Å². The highest BCUT2D eigenvalue weighted by Crippen LogP contribution is 2.40. The molecule has 0 saturated carbocycles. The molecule has 2 aliphatic heterocycles. The summed E-state index contributed by atoms with van der Waals surface area (Å²) in [7, 11) is 3.26. The summed E-state index contributed by atoms with van der Waals surface area (Å²) in [4.78, 5) is 10.9. The highest BCUT2D eigenvalue weighted by molar-refractivity contribution is 7.80. The van der Waals surface area contributed by atoms with Crippen LogP contribution in [0.1, 0.15) is 19.4 Å². The first-order valence-corrected chi connectivity index (χ1v) is 18.4. The number of halogens is 2. The minimum atomic E-state index is -1.16. The van der Waals surface area contributed by atoms with Crippen molar-refractivity contribution in [2.45, 2.75) is 44.6 Å². The van der Waals surface area contributed by atoms with Crippen molar-refractivity contribution in [3.8, 4) is 5.75 Å². The second-order valence-electron chi connectivity index (χ2n) is 12.9. The largest absolute Gasteiger partial charge is 0.491 e. The van der Waals surface area contributed by atoms with E-state index in [2.05, 4.69) is 80.3 Å². The fourth-order valence-corrected chi connectivity index (χ4v) is 7.29. The van der Waals surface area contributed by atoms with Gasteiger partial charge in [0.05, 0.1) is 18.2 Å². The summed E-state index contributed by atoms with van der Waals surface area (Å²) in [6, 6.07) is 22.1. The fourth-order valence-electron chi connectivity index (χ4n) is 6.33. The van der Waals surface area contributed by atoms with Crippen molar-refractivity contribution in [3.05, 3.63) is 95.0 Å². The van der Waals surface area contributed by atoms with E-state index in [4.69, 9.17) is 59.1 Å². The average molecular weight is 789 g/mol. The Kier molecular flexibility index (Phi) is 14.2. The second kappa shape index (κ2) is 18.5. The predicted molar refractivity (Wildman–Crippen MR) is 211 cm³/mol. The van der Waals surface area contributed by atoms with Gasteiger partial charge < -0.3 is 49.2 Å². The molecule has 0 aliphatic carbocycles. The highest BCUT2D eigenvalue weighted by atomic mass is 35.5. The number of nitrogens with zero attached hydrogens (tertiary/aromatic N) is 6. The number of aromatic nitrogens is 3. The molecule has 4 aromatic rings. The van der Waals surface area contributed by atoms with Crippen molar-refractivity contribution >= 4 is 57.6 Å². The third-order valence-electron chi connectivity index (χ3n) is 9.19. The van der Waals surface area contributed by atoms with Crippen LogP contribution in [0.3, 0.4) is 0 Å². The van der Waals surface area contributed by atoms with Crippen LogP contribution in [-0.2, 0) is 31.3 Å². The zero-order valence-corrected chi connectivity index (χ0v) is 32.6. The molecule has 0 bridgehead atoms. The molecule has 2 fully saturated rings. The molecule has 2 saturated heterocycles. The summed E-state index contributed by atoms with van der Waals surface area (Å²) in [6.07, 6.45) is 2.39. The van der Waals surface area contributed by atoms with Gasteiger partial charge in [-0.1, -0.05) is 29.3 Å². The lowest BCUT2D eigenvalue weighted by Crippen LogP contribution is -2.46.